The smallest absolute Gasteiger partial charge is 0.224 e. The topological polar surface area (TPSA) is 58.4 Å². The number of nitrogens with one attached hydrogen (secondary N) is 1. The number of rotatable bonds is 6. The molecule has 5 nitrogen and oxygen atoms in total. The lowest BCUT2D eigenvalue weighted by Gasteiger charge is -2.17. The van der Waals surface area contributed by atoms with Gasteiger partial charge in [0.15, 0.2) is 0 Å². The van der Waals surface area contributed by atoms with Crippen molar-refractivity contribution in [2.75, 3.05) is 18.0 Å². The fourth-order valence-electron chi connectivity index (χ4n) is 4.13. The van der Waals surface area contributed by atoms with Gasteiger partial charge >= 0.3 is 0 Å². The Bertz CT molecular complexity index is 1020. The SMILES string of the molecule is Cc1cc2occ(CC(=O)NCc3ccnc(N4CCCC4)c3)c2cc1C(C)C. The van der Waals surface area contributed by atoms with Crippen LogP contribution in [0.5, 0.6) is 0 Å². The molecule has 2 aromatic heterocycles. The molecule has 1 saturated heterocycles. The van der Waals surface area contributed by atoms with Crippen molar-refractivity contribution in [2.45, 2.75) is 52.5 Å². The molecule has 0 radical (unpaired) electrons. The molecule has 1 aliphatic rings. The third-order valence-corrected chi connectivity index (χ3v) is 5.75. The van der Waals surface area contributed by atoms with Crippen molar-refractivity contribution in [3.8, 4) is 0 Å². The van der Waals surface area contributed by atoms with Crippen LogP contribution in [-0.2, 0) is 17.8 Å². The number of aryl methyl sites for hydroxylation is 1. The minimum atomic E-state index is -0.00101. The maximum Gasteiger partial charge on any atom is 0.224 e. The van der Waals surface area contributed by atoms with E-state index in [-0.39, 0.29) is 5.91 Å². The molecule has 152 valence electrons. The molecule has 0 spiro atoms. The van der Waals surface area contributed by atoms with Crippen LogP contribution in [0.3, 0.4) is 0 Å². The first-order valence-corrected chi connectivity index (χ1v) is 10.5. The Kier molecular flexibility index (Phi) is 5.56. The second-order valence-electron chi connectivity index (χ2n) is 8.29. The zero-order valence-electron chi connectivity index (χ0n) is 17.5. The maximum absolute atomic E-state index is 12.6. The maximum atomic E-state index is 12.6. The van der Waals surface area contributed by atoms with Gasteiger partial charge in [0.05, 0.1) is 12.7 Å². The first-order valence-electron chi connectivity index (χ1n) is 10.5. The summed E-state index contributed by atoms with van der Waals surface area (Å²) >= 11 is 0. The summed E-state index contributed by atoms with van der Waals surface area (Å²) in [5.41, 5.74) is 5.38. The number of fused-ring (bicyclic) bond motifs is 1. The van der Waals surface area contributed by atoms with Gasteiger partial charge in [0.25, 0.3) is 0 Å². The summed E-state index contributed by atoms with van der Waals surface area (Å²) in [6.45, 7) is 9.11. The van der Waals surface area contributed by atoms with Crippen molar-refractivity contribution >= 4 is 22.7 Å². The summed E-state index contributed by atoms with van der Waals surface area (Å²) < 4.78 is 5.71. The average molecular weight is 392 g/mol. The Morgan fingerprint density at radius 2 is 2.03 bits per heavy atom. The van der Waals surface area contributed by atoms with E-state index in [9.17, 15) is 4.79 Å². The van der Waals surface area contributed by atoms with Crippen molar-refractivity contribution in [3.05, 3.63) is 59.0 Å². The van der Waals surface area contributed by atoms with Crippen LogP contribution in [-0.4, -0.2) is 24.0 Å². The molecule has 3 aromatic rings. The lowest BCUT2D eigenvalue weighted by Crippen LogP contribution is -2.25. The van der Waals surface area contributed by atoms with Crippen LogP contribution < -0.4 is 10.2 Å². The fraction of sp³-hybridized carbons (Fsp3) is 0.417. The van der Waals surface area contributed by atoms with E-state index in [1.54, 1.807) is 6.26 Å². The average Bonchev–Trinajstić information content (AvgIpc) is 3.36. The van der Waals surface area contributed by atoms with Crippen LogP contribution in [0.25, 0.3) is 11.0 Å². The van der Waals surface area contributed by atoms with Gasteiger partial charge in [-0.15, -0.1) is 0 Å². The molecule has 3 heterocycles. The number of furan rings is 1. The Balaban J connectivity index is 1.42. The van der Waals surface area contributed by atoms with Gasteiger partial charge in [-0.25, -0.2) is 4.98 Å². The van der Waals surface area contributed by atoms with Crippen LogP contribution in [0.1, 0.15) is 54.9 Å². The quantitative estimate of drug-likeness (QED) is 0.661. The Hall–Kier alpha value is -2.82. The lowest BCUT2D eigenvalue weighted by atomic mass is 9.95. The van der Waals surface area contributed by atoms with Crippen molar-refractivity contribution in [3.63, 3.8) is 0 Å². The van der Waals surface area contributed by atoms with Gasteiger partial charge < -0.3 is 14.6 Å². The highest BCUT2D eigenvalue weighted by Crippen LogP contribution is 2.29. The van der Waals surface area contributed by atoms with Crippen molar-refractivity contribution < 1.29 is 9.21 Å². The summed E-state index contributed by atoms with van der Waals surface area (Å²) in [5.74, 6) is 1.44. The molecule has 0 unspecified atom stereocenters. The Morgan fingerprint density at radius 3 is 2.79 bits per heavy atom. The lowest BCUT2D eigenvalue weighted by molar-refractivity contribution is -0.120. The van der Waals surface area contributed by atoms with E-state index >= 15 is 0 Å². The fourth-order valence-corrected chi connectivity index (χ4v) is 4.13. The molecule has 1 fully saturated rings. The van der Waals surface area contributed by atoms with Crippen LogP contribution >= 0.6 is 0 Å². The third kappa shape index (κ3) is 4.29. The second-order valence-corrected chi connectivity index (χ2v) is 8.29. The van der Waals surface area contributed by atoms with Crippen molar-refractivity contribution in [1.29, 1.82) is 0 Å². The molecule has 0 bridgehead atoms. The van der Waals surface area contributed by atoms with E-state index in [0.29, 0.717) is 18.9 Å². The van der Waals surface area contributed by atoms with Crippen molar-refractivity contribution in [1.82, 2.24) is 10.3 Å². The molecule has 1 N–H and O–H groups in total. The molecule has 29 heavy (non-hydrogen) atoms. The first kappa shape index (κ1) is 19.5. The molecule has 0 atom stereocenters. The predicted octanol–water partition coefficient (Wildman–Crippen LogP) is 4.72. The molecular weight excluding hydrogens is 362 g/mol. The van der Waals surface area contributed by atoms with E-state index in [1.807, 2.05) is 12.3 Å². The standard InChI is InChI=1S/C24H29N3O2/c1-16(2)20-13-21-19(15-29-22(21)10-17(20)3)12-24(28)26-14-18-6-7-25-23(11-18)27-8-4-5-9-27/h6-7,10-11,13,15-16H,4-5,8-9,12,14H2,1-3H3,(H,26,28). The number of anilines is 1. The zero-order valence-corrected chi connectivity index (χ0v) is 17.5. The molecule has 1 aromatic carbocycles. The molecule has 0 saturated carbocycles. The molecule has 4 rings (SSSR count). The molecular formula is C24H29N3O2. The number of pyridine rings is 1. The number of amides is 1. The zero-order chi connectivity index (χ0) is 20.4. The summed E-state index contributed by atoms with van der Waals surface area (Å²) in [5, 5.41) is 4.08. The van der Waals surface area contributed by atoms with E-state index in [1.165, 1.54) is 24.0 Å². The van der Waals surface area contributed by atoms with Gasteiger partial charge in [-0.3, -0.25) is 4.79 Å². The van der Waals surface area contributed by atoms with E-state index in [0.717, 1.165) is 41.0 Å². The van der Waals surface area contributed by atoms with Gasteiger partial charge in [0.1, 0.15) is 11.4 Å². The molecule has 1 amide bonds. The van der Waals surface area contributed by atoms with Gasteiger partial charge in [-0.2, -0.15) is 0 Å². The number of nitrogens with zero attached hydrogens (tertiary/aromatic N) is 2. The van der Waals surface area contributed by atoms with E-state index < -0.39 is 0 Å². The summed E-state index contributed by atoms with van der Waals surface area (Å²) in [7, 11) is 0. The first-order chi connectivity index (χ1) is 14.0. The summed E-state index contributed by atoms with van der Waals surface area (Å²) in [6, 6.07) is 8.29. The number of hydrogen-bond donors (Lipinski definition) is 1. The normalized spacial score (nSPS) is 14.1. The summed E-state index contributed by atoms with van der Waals surface area (Å²) in [6.07, 6.45) is 6.30. The molecule has 1 aliphatic heterocycles. The van der Waals surface area contributed by atoms with E-state index in [2.05, 4.69) is 54.2 Å². The van der Waals surface area contributed by atoms with Crippen LogP contribution in [0.15, 0.2) is 41.1 Å². The van der Waals surface area contributed by atoms with Crippen LogP contribution in [0, 0.1) is 6.92 Å². The molecule has 0 aliphatic carbocycles. The number of aromatic nitrogens is 1. The van der Waals surface area contributed by atoms with Gasteiger partial charge in [0.2, 0.25) is 5.91 Å². The highest BCUT2D eigenvalue weighted by Gasteiger charge is 2.15. The Morgan fingerprint density at radius 1 is 1.24 bits per heavy atom. The van der Waals surface area contributed by atoms with E-state index in [4.69, 9.17) is 4.42 Å². The Labute approximate surface area is 172 Å². The minimum Gasteiger partial charge on any atom is -0.464 e. The number of carbonyl (C=O) groups is 1. The highest BCUT2D eigenvalue weighted by molar-refractivity contribution is 5.88. The highest BCUT2D eigenvalue weighted by atomic mass is 16.3. The van der Waals surface area contributed by atoms with Gasteiger partial charge in [0, 0.05) is 36.8 Å². The second kappa shape index (κ2) is 8.27. The number of benzene rings is 1. The third-order valence-electron chi connectivity index (χ3n) is 5.75. The van der Waals surface area contributed by atoms with Gasteiger partial charge in [-0.05, 0) is 66.6 Å². The van der Waals surface area contributed by atoms with Crippen LogP contribution in [0.2, 0.25) is 0 Å². The monoisotopic (exact) mass is 391 g/mol. The van der Waals surface area contributed by atoms with Gasteiger partial charge in [-0.1, -0.05) is 13.8 Å². The number of hydrogen-bond acceptors (Lipinski definition) is 4. The number of carbonyl (C=O) groups excluding carboxylic acids is 1. The summed E-state index contributed by atoms with van der Waals surface area (Å²) in [4.78, 5) is 19.4. The predicted molar refractivity (Wildman–Crippen MR) is 116 cm³/mol. The van der Waals surface area contributed by atoms with Crippen LogP contribution in [0.4, 0.5) is 5.82 Å². The largest absolute Gasteiger partial charge is 0.464 e. The molecule has 5 heteroatoms. The minimum absolute atomic E-state index is 0.00101. The van der Waals surface area contributed by atoms with Crippen molar-refractivity contribution in [2.24, 2.45) is 0 Å².